The maximum atomic E-state index is 12.8. The van der Waals surface area contributed by atoms with Crippen LogP contribution in [0.1, 0.15) is 45.1 Å². The van der Waals surface area contributed by atoms with Crippen LogP contribution in [0.15, 0.2) is 18.3 Å². The highest BCUT2D eigenvalue weighted by atomic mass is 19.4. The monoisotopic (exact) mass is 399 g/mol. The highest BCUT2D eigenvalue weighted by Crippen LogP contribution is 2.31. The van der Waals surface area contributed by atoms with Crippen molar-refractivity contribution in [2.45, 2.75) is 57.9 Å². The summed E-state index contributed by atoms with van der Waals surface area (Å²) in [6.45, 7) is 7.74. The molecule has 2 fully saturated rings. The summed E-state index contributed by atoms with van der Waals surface area (Å²) >= 11 is 0. The summed E-state index contributed by atoms with van der Waals surface area (Å²) in [6, 6.07) is 2.74. The zero-order chi connectivity index (χ0) is 20.3. The third-order valence-corrected chi connectivity index (χ3v) is 5.73. The Hall–Kier alpha value is -1.83. The molecule has 1 aliphatic heterocycles. The summed E-state index contributed by atoms with van der Waals surface area (Å²) in [5.41, 5.74) is -0.785. The normalized spacial score (nSPS) is 24.4. The van der Waals surface area contributed by atoms with Crippen LogP contribution in [0.5, 0.6) is 5.88 Å². The van der Waals surface area contributed by atoms with Crippen LogP contribution in [0.25, 0.3) is 0 Å². The molecule has 5 nitrogen and oxygen atoms in total. The fraction of sp³-hybridized carbons (Fsp3) is 0.700. The molecule has 1 aliphatic carbocycles. The lowest BCUT2D eigenvalue weighted by Crippen LogP contribution is -2.52. The average Bonchev–Trinajstić information content (AvgIpc) is 2.68. The number of nitrogens with zero attached hydrogens (tertiary/aromatic N) is 3. The minimum atomic E-state index is -4.40. The number of alkyl halides is 3. The van der Waals surface area contributed by atoms with Crippen molar-refractivity contribution in [3.63, 3.8) is 0 Å². The average molecular weight is 399 g/mol. The lowest BCUT2D eigenvalue weighted by atomic mass is 9.86. The van der Waals surface area contributed by atoms with Crippen LogP contribution in [-0.2, 0) is 11.0 Å². The number of carbonyl (C=O) groups excluding carboxylic acids is 1. The molecule has 1 saturated heterocycles. The van der Waals surface area contributed by atoms with E-state index in [-0.39, 0.29) is 23.8 Å². The molecule has 0 aromatic carbocycles. The minimum Gasteiger partial charge on any atom is -0.474 e. The first-order valence-electron chi connectivity index (χ1n) is 9.97. The number of rotatable bonds is 4. The van der Waals surface area contributed by atoms with Crippen LogP contribution in [0, 0.1) is 5.92 Å². The first-order chi connectivity index (χ1) is 13.2. The first kappa shape index (κ1) is 20.9. The van der Waals surface area contributed by atoms with Gasteiger partial charge in [-0.05, 0) is 45.6 Å². The molecular formula is C20H28F3N3O2. The Bertz CT molecular complexity index is 648. The van der Waals surface area contributed by atoms with Gasteiger partial charge in [0.15, 0.2) is 0 Å². The van der Waals surface area contributed by atoms with Crippen molar-refractivity contribution >= 4 is 5.91 Å². The van der Waals surface area contributed by atoms with Gasteiger partial charge in [0.1, 0.15) is 6.10 Å². The lowest BCUT2D eigenvalue weighted by molar-refractivity contribution is -0.139. The molecule has 2 heterocycles. The van der Waals surface area contributed by atoms with Crippen molar-refractivity contribution in [3.05, 3.63) is 23.9 Å². The van der Waals surface area contributed by atoms with Gasteiger partial charge in [-0.2, -0.15) is 13.2 Å². The number of ether oxygens (including phenoxy) is 1. The van der Waals surface area contributed by atoms with Gasteiger partial charge in [0.2, 0.25) is 11.8 Å². The topological polar surface area (TPSA) is 45.7 Å². The van der Waals surface area contributed by atoms with Crippen LogP contribution in [-0.4, -0.2) is 59.0 Å². The Morgan fingerprint density at radius 1 is 1.11 bits per heavy atom. The molecule has 1 aromatic heterocycles. The molecule has 0 atom stereocenters. The molecule has 2 aliphatic rings. The highest BCUT2D eigenvalue weighted by Gasteiger charge is 2.33. The third-order valence-electron chi connectivity index (χ3n) is 5.73. The summed E-state index contributed by atoms with van der Waals surface area (Å²) in [7, 11) is 0. The molecule has 0 spiro atoms. The molecule has 0 bridgehead atoms. The van der Waals surface area contributed by atoms with E-state index in [0.717, 1.165) is 51.3 Å². The van der Waals surface area contributed by atoms with Gasteiger partial charge in [0.25, 0.3) is 0 Å². The molecule has 3 rings (SSSR count). The summed E-state index contributed by atoms with van der Waals surface area (Å²) in [4.78, 5) is 20.9. The Morgan fingerprint density at radius 2 is 1.75 bits per heavy atom. The van der Waals surface area contributed by atoms with Crippen LogP contribution in [0.2, 0.25) is 0 Å². The van der Waals surface area contributed by atoms with E-state index in [1.54, 1.807) is 0 Å². The van der Waals surface area contributed by atoms with Crippen molar-refractivity contribution in [2.24, 2.45) is 5.92 Å². The van der Waals surface area contributed by atoms with E-state index in [4.69, 9.17) is 4.74 Å². The molecule has 0 unspecified atom stereocenters. The van der Waals surface area contributed by atoms with Gasteiger partial charge >= 0.3 is 6.18 Å². The maximum absolute atomic E-state index is 12.8. The number of pyridine rings is 1. The largest absolute Gasteiger partial charge is 0.474 e. The SMILES string of the molecule is CC(C)N1CCN(C(=O)[C@H]2CC[C@H](Oc3ccc(C(F)(F)F)cn3)CC2)CC1. The van der Waals surface area contributed by atoms with Crippen LogP contribution < -0.4 is 4.74 Å². The second-order valence-corrected chi connectivity index (χ2v) is 7.93. The number of hydrogen-bond acceptors (Lipinski definition) is 4. The number of amides is 1. The molecule has 0 radical (unpaired) electrons. The lowest BCUT2D eigenvalue weighted by Gasteiger charge is -2.39. The number of carbonyl (C=O) groups is 1. The van der Waals surface area contributed by atoms with Crippen LogP contribution >= 0.6 is 0 Å². The Balaban J connectivity index is 1.45. The van der Waals surface area contributed by atoms with E-state index in [0.29, 0.717) is 18.9 Å². The minimum absolute atomic E-state index is 0.0195. The second kappa shape index (κ2) is 8.68. The predicted octanol–water partition coefficient (Wildman–Crippen LogP) is 3.59. The van der Waals surface area contributed by atoms with Crippen molar-refractivity contribution < 1.29 is 22.7 Å². The van der Waals surface area contributed by atoms with Crippen LogP contribution in [0.4, 0.5) is 13.2 Å². The van der Waals surface area contributed by atoms with E-state index in [9.17, 15) is 18.0 Å². The van der Waals surface area contributed by atoms with Crippen molar-refractivity contribution in [1.82, 2.24) is 14.8 Å². The van der Waals surface area contributed by atoms with E-state index in [1.807, 2.05) is 4.90 Å². The molecule has 1 aromatic rings. The Labute approximate surface area is 163 Å². The molecule has 0 N–H and O–H groups in total. The van der Waals surface area contributed by atoms with Gasteiger partial charge in [-0.25, -0.2) is 4.98 Å². The Morgan fingerprint density at radius 3 is 2.25 bits per heavy atom. The van der Waals surface area contributed by atoms with Crippen molar-refractivity contribution in [3.8, 4) is 5.88 Å². The van der Waals surface area contributed by atoms with E-state index < -0.39 is 11.7 Å². The number of aromatic nitrogens is 1. The fourth-order valence-electron chi connectivity index (χ4n) is 3.93. The number of piperazine rings is 1. The molecule has 8 heteroatoms. The van der Waals surface area contributed by atoms with E-state index in [2.05, 4.69) is 23.7 Å². The van der Waals surface area contributed by atoms with Gasteiger partial charge in [0.05, 0.1) is 5.56 Å². The van der Waals surface area contributed by atoms with Gasteiger partial charge in [0, 0.05) is 50.4 Å². The van der Waals surface area contributed by atoms with Gasteiger partial charge in [-0.15, -0.1) is 0 Å². The molecular weight excluding hydrogens is 371 g/mol. The molecule has 156 valence electrons. The quantitative estimate of drug-likeness (QED) is 0.776. The van der Waals surface area contributed by atoms with E-state index >= 15 is 0 Å². The maximum Gasteiger partial charge on any atom is 0.417 e. The van der Waals surface area contributed by atoms with Crippen molar-refractivity contribution in [2.75, 3.05) is 26.2 Å². The second-order valence-electron chi connectivity index (χ2n) is 7.93. The van der Waals surface area contributed by atoms with Gasteiger partial charge in [-0.1, -0.05) is 0 Å². The zero-order valence-electron chi connectivity index (χ0n) is 16.4. The summed E-state index contributed by atoms with van der Waals surface area (Å²) in [5.74, 6) is 0.452. The third kappa shape index (κ3) is 5.16. The standard InChI is InChI=1S/C20H28F3N3O2/c1-14(2)25-9-11-26(12-10-25)19(27)15-3-6-17(7-4-15)28-18-8-5-16(13-24-18)20(21,22)23/h5,8,13-15,17H,3-4,6-7,9-12H2,1-2H3/t15-,17-. The smallest absolute Gasteiger partial charge is 0.417 e. The molecule has 28 heavy (non-hydrogen) atoms. The number of hydrogen-bond donors (Lipinski definition) is 0. The molecule has 1 saturated carbocycles. The van der Waals surface area contributed by atoms with Gasteiger partial charge in [-0.3, -0.25) is 9.69 Å². The molecule has 1 amide bonds. The Kier molecular flexibility index (Phi) is 6.47. The van der Waals surface area contributed by atoms with E-state index in [1.165, 1.54) is 6.07 Å². The first-order valence-corrected chi connectivity index (χ1v) is 9.97. The zero-order valence-corrected chi connectivity index (χ0v) is 16.4. The van der Waals surface area contributed by atoms with Gasteiger partial charge < -0.3 is 9.64 Å². The summed E-state index contributed by atoms with van der Waals surface area (Å²) in [5, 5.41) is 0. The fourth-order valence-corrected chi connectivity index (χ4v) is 3.93. The summed E-state index contributed by atoms with van der Waals surface area (Å²) in [6.07, 6.45) is -0.795. The van der Waals surface area contributed by atoms with Crippen molar-refractivity contribution in [1.29, 1.82) is 0 Å². The number of halogens is 3. The van der Waals surface area contributed by atoms with Crippen LogP contribution in [0.3, 0.4) is 0 Å². The highest BCUT2D eigenvalue weighted by molar-refractivity contribution is 5.79. The predicted molar refractivity (Wildman–Crippen MR) is 98.9 cm³/mol. The summed E-state index contributed by atoms with van der Waals surface area (Å²) < 4.78 is 43.5.